The second kappa shape index (κ2) is 3.14. The van der Waals surface area contributed by atoms with E-state index in [1.54, 1.807) is 6.07 Å². The van der Waals surface area contributed by atoms with Gasteiger partial charge in [0.05, 0.1) is 0 Å². The summed E-state index contributed by atoms with van der Waals surface area (Å²) < 4.78 is 14.5. The van der Waals surface area contributed by atoms with E-state index in [0.717, 1.165) is 11.5 Å². The Balaban J connectivity index is 1.64. The van der Waals surface area contributed by atoms with E-state index in [1.165, 1.54) is 23.1 Å². The molecular formula is C20H15F. The van der Waals surface area contributed by atoms with Crippen molar-refractivity contribution in [2.24, 2.45) is 23.2 Å². The molecule has 0 aliphatic heterocycles. The lowest BCUT2D eigenvalue weighted by Gasteiger charge is -2.34. The minimum absolute atomic E-state index is 0.0421. The fraction of sp³-hybridized carbons (Fsp3) is 0.300. The minimum atomic E-state index is -0.0421. The molecule has 1 aromatic rings. The first-order chi connectivity index (χ1) is 10.3. The Bertz CT molecular complexity index is 822. The summed E-state index contributed by atoms with van der Waals surface area (Å²) in [7, 11) is 0. The smallest absolute Gasteiger partial charge is 0.131 e. The highest BCUT2D eigenvalue weighted by atomic mass is 19.1. The van der Waals surface area contributed by atoms with Crippen LogP contribution in [0, 0.1) is 29.0 Å². The predicted molar refractivity (Wildman–Crippen MR) is 81.0 cm³/mol. The van der Waals surface area contributed by atoms with Crippen molar-refractivity contribution in [3.8, 4) is 0 Å². The predicted octanol–water partition coefficient (Wildman–Crippen LogP) is 4.62. The number of benzene rings is 1. The van der Waals surface area contributed by atoms with Gasteiger partial charge in [-0.3, -0.25) is 0 Å². The van der Waals surface area contributed by atoms with Crippen LogP contribution in [0.1, 0.15) is 23.5 Å². The Morgan fingerprint density at radius 2 is 1.86 bits per heavy atom. The molecule has 6 rings (SSSR count). The Morgan fingerprint density at radius 1 is 1.05 bits per heavy atom. The quantitative estimate of drug-likeness (QED) is 0.647. The molecule has 21 heavy (non-hydrogen) atoms. The minimum Gasteiger partial charge on any atom is -0.206 e. The van der Waals surface area contributed by atoms with Crippen LogP contribution in [0.3, 0.4) is 0 Å². The van der Waals surface area contributed by atoms with Crippen LogP contribution in [-0.4, -0.2) is 0 Å². The van der Waals surface area contributed by atoms with Crippen molar-refractivity contribution >= 4 is 5.57 Å². The molecule has 3 unspecified atom stereocenters. The molecule has 0 N–H and O–H groups in total. The molecule has 0 saturated heterocycles. The Kier molecular flexibility index (Phi) is 1.61. The summed E-state index contributed by atoms with van der Waals surface area (Å²) >= 11 is 0. The molecule has 5 atom stereocenters. The molecule has 2 fully saturated rings. The van der Waals surface area contributed by atoms with Crippen LogP contribution < -0.4 is 0 Å². The molecule has 102 valence electrons. The maximum absolute atomic E-state index is 14.5. The summed E-state index contributed by atoms with van der Waals surface area (Å²) in [6, 6.07) is 5.65. The summed E-state index contributed by atoms with van der Waals surface area (Å²) in [6.07, 6.45) is 14.9. The standard InChI is InChI=1S/C20H15F/c21-17-7-3-6-13-18(17)14-8-11-4-1-2-5-12(11)9-15(14)20-10-16(20)19(13)20/h1-9,11-12,16,19H,10H2/t11?,12?,16-,19-,20?/m0/s1. The molecular weight excluding hydrogens is 259 g/mol. The highest BCUT2D eigenvalue weighted by Crippen LogP contribution is 2.90. The van der Waals surface area contributed by atoms with Crippen LogP contribution in [0.2, 0.25) is 0 Å². The molecule has 0 aromatic heterocycles. The maximum atomic E-state index is 14.5. The first kappa shape index (κ1) is 10.8. The molecule has 0 amide bonds. The van der Waals surface area contributed by atoms with Crippen molar-refractivity contribution < 1.29 is 4.39 Å². The topological polar surface area (TPSA) is 0 Å². The van der Waals surface area contributed by atoms with Crippen molar-refractivity contribution in [3.63, 3.8) is 0 Å². The van der Waals surface area contributed by atoms with E-state index in [0.29, 0.717) is 23.2 Å². The van der Waals surface area contributed by atoms with E-state index in [2.05, 4.69) is 42.5 Å². The zero-order chi connectivity index (χ0) is 13.8. The summed E-state index contributed by atoms with van der Waals surface area (Å²) in [6.45, 7) is 0. The van der Waals surface area contributed by atoms with Crippen molar-refractivity contribution in [2.45, 2.75) is 12.3 Å². The van der Waals surface area contributed by atoms with Crippen LogP contribution in [-0.2, 0) is 0 Å². The summed E-state index contributed by atoms with van der Waals surface area (Å²) in [5, 5.41) is 0. The summed E-state index contributed by atoms with van der Waals surface area (Å²) in [5.41, 5.74) is 5.21. The van der Waals surface area contributed by atoms with Crippen LogP contribution in [0.25, 0.3) is 5.57 Å². The molecule has 5 aliphatic carbocycles. The average molecular weight is 274 g/mol. The van der Waals surface area contributed by atoms with E-state index in [9.17, 15) is 4.39 Å². The second-order valence-corrected chi connectivity index (χ2v) is 7.12. The summed E-state index contributed by atoms with van der Waals surface area (Å²) in [5.74, 6) is 2.21. The number of rotatable bonds is 0. The summed E-state index contributed by atoms with van der Waals surface area (Å²) in [4.78, 5) is 0. The zero-order valence-electron chi connectivity index (χ0n) is 11.6. The van der Waals surface area contributed by atoms with Gasteiger partial charge in [0.1, 0.15) is 5.82 Å². The van der Waals surface area contributed by atoms with Crippen molar-refractivity contribution in [2.75, 3.05) is 0 Å². The third-order valence-electron chi connectivity index (χ3n) is 6.29. The van der Waals surface area contributed by atoms with Crippen LogP contribution >= 0.6 is 0 Å². The highest BCUT2D eigenvalue weighted by Gasteiger charge is 2.82. The van der Waals surface area contributed by atoms with Gasteiger partial charge in [-0.2, -0.15) is 0 Å². The van der Waals surface area contributed by atoms with Gasteiger partial charge in [-0.05, 0) is 41.0 Å². The van der Waals surface area contributed by atoms with E-state index < -0.39 is 0 Å². The van der Waals surface area contributed by atoms with E-state index >= 15 is 0 Å². The molecule has 5 aliphatic rings. The molecule has 1 aromatic carbocycles. The first-order valence-corrected chi connectivity index (χ1v) is 7.89. The lowest BCUT2D eigenvalue weighted by molar-refractivity contribution is 0.585. The van der Waals surface area contributed by atoms with Gasteiger partial charge in [0.2, 0.25) is 0 Å². The van der Waals surface area contributed by atoms with Gasteiger partial charge < -0.3 is 0 Å². The van der Waals surface area contributed by atoms with E-state index in [-0.39, 0.29) is 5.82 Å². The normalized spacial score (nSPS) is 42.7. The van der Waals surface area contributed by atoms with Gasteiger partial charge in [0.25, 0.3) is 0 Å². The number of allylic oxidation sites excluding steroid dienone is 8. The highest BCUT2D eigenvalue weighted by molar-refractivity contribution is 5.91. The van der Waals surface area contributed by atoms with Crippen molar-refractivity contribution in [1.82, 2.24) is 0 Å². The van der Waals surface area contributed by atoms with Gasteiger partial charge in [-0.25, -0.2) is 4.39 Å². The van der Waals surface area contributed by atoms with Gasteiger partial charge in [0, 0.05) is 22.8 Å². The lowest BCUT2D eigenvalue weighted by Crippen LogP contribution is -2.21. The molecule has 0 nitrogen and oxygen atoms in total. The molecule has 0 radical (unpaired) electrons. The number of fused-ring (bicyclic) bond motifs is 6. The number of hydrogen-bond donors (Lipinski definition) is 0. The lowest BCUT2D eigenvalue weighted by atomic mass is 9.69. The van der Waals surface area contributed by atoms with Crippen LogP contribution in [0.15, 0.2) is 60.2 Å². The third-order valence-corrected chi connectivity index (χ3v) is 6.29. The van der Waals surface area contributed by atoms with Crippen molar-refractivity contribution in [3.05, 3.63) is 77.2 Å². The van der Waals surface area contributed by atoms with Crippen LogP contribution in [0.5, 0.6) is 0 Å². The fourth-order valence-corrected chi connectivity index (χ4v) is 5.13. The van der Waals surface area contributed by atoms with Gasteiger partial charge >= 0.3 is 0 Å². The maximum Gasteiger partial charge on any atom is 0.131 e. The molecule has 2 saturated carbocycles. The Labute approximate surface area is 123 Å². The fourth-order valence-electron chi connectivity index (χ4n) is 5.13. The van der Waals surface area contributed by atoms with Gasteiger partial charge in [-0.15, -0.1) is 0 Å². The zero-order valence-corrected chi connectivity index (χ0v) is 11.6. The van der Waals surface area contributed by atoms with Gasteiger partial charge in [-0.1, -0.05) is 48.6 Å². The number of halogens is 1. The third kappa shape index (κ3) is 1.08. The van der Waals surface area contributed by atoms with E-state index in [1.807, 2.05) is 6.07 Å². The molecule has 1 spiro atoms. The monoisotopic (exact) mass is 274 g/mol. The van der Waals surface area contributed by atoms with Crippen LogP contribution in [0.4, 0.5) is 4.39 Å². The SMILES string of the molecule is Fc1cccc2c1C1=CC3C=CC=CC3C=C1C13C[C@H]1[C@H]23. The molecule has 1 heteroatoms. The first-order valence-electron chi connectivity index (χ1n) is 7.89. The molecule has 0 heterocycles. The van der Waals surface area contributed by atoms with Crippen molar-refractivity contribution in [1.29, 1.82) is 0 Å². The Hall–Kier alpha value is -1.89. The van der Waals surface area contributed by atoms with Gasteiger partial charge in [0.15, 0.2) is 0 Å². The van der Waals surface area contributed by atoms with E-state index in [4.69, 9.17) is 0 Å². The largest absolute Gasteiger partial charge is 0.206 e. The molecule has 0 bridgehead atoms. The average Bonchev–Trinajstić information content (AvgIpc) is 3.35. The number of hydrogen-bond acceptors (Lipinski definition) is 0. The second-order valence-electron chi connectivity index (χ2n) is 7.12. The Morgan fingerprint density at radius 3 is 2.67 bits per heavy atom.